The van der Waals surface area contributed by atoms with Gasteiger partial charge in [-0.25, -0.2) is 12.7 Å². The lowest BCUT2D eigenvalue weighted by Gasteiger charge is -2.23. The van der Waals surface area contributed by atoms with E-state index in [1.165, 1.54) is 9.87 Å². The van der Waals surface area contributed by atoms with Crippen LogP contribution in [-0.4, -0.2) is 32.4 Å². The molecule has 0 spiro atoms. The van der Waals surface area contributed by atoms with Crippen molar-refractivity contribution in [3.8, 4) is 0 Å². The quantitative estimate of drug-likeness (QED) is 0.713. The fourth-order valence-corrected chi connectivity index (χ4v) is 3.52. The summed E-state index contributed by atoms with van der Waals surface area (Å²) in [6.45, 7) is 7.88. The van der Waals surface area contributed by atoms with Crippen molar-refractivity contribution >= 4 is 10.0 Å². The minimum Gasteiger partial charge on any atom is -0.313 e. The molecule has 0 saturated carbocycles. The Bertz CT molecular complexity index is 512. The van der Waals surface area contributed by atoms with Gasteiger partial charge in [0.15, 0.2) is 0 Å². The molecule has 0 radical (unpaired) electrons. The van der Waals surface area contributed by atoms with E-state index in [0.717, 1.165) is 31.5 Å². The predicted octanol–water partition coefficient (Wildman–Crippen LogP) is 2.75. The first-order valence-electron chi connectivity index (χ1n) is 7.65. The van der Waals surface area contributed by atoms with Gasteiger partial charge in [-0.05, 0) is 37.4 Å². The van der Waals surface area contributed by atoms with Gasteiger partial charge in [0.05, 0.1) is 5.75 Å². The van der Waals surface area contributed by atoms with Crippen LogP contribution in [0, 0.1) is 0 Å². The molecule has 0 aliphatic rings. The molecule has 0 aliphatic heterocycles. The molecule has 1 N–H and O–H groups in total. The highest BCUT2D eigenvalue weighted by molar-refractivity contribution is 7.88. The van der Waals surface area contributed by atoms with E-state index in [-0.39, 0.29) is 11.8 Å². The fraction of sp³-hybridized carbons (Fsp3) is 0.625. The normalized spacial score (nSPS) is 13.6. The summed E-state index contributed by atoms with van der Waals surface area (Å²) in [6.07, 6.45) is 1.93. The summed E-state index contributed by atoms with van der Waals surface area (Å²) in [5, 5.41) is 3.33. The van der Waals surface area contributed by atoms with Crippen LogP contribution in [0.25, 0.3) is 0 Å². The summed E-state index contributed by atoms with van der Waals surface area (Å²) < 4.78 is 26.1. The molecule has 1 unspecified atom stereocenters. The van der Waals surface area contributed by atoms with E-state index in [2.05, 4.69) is 12.2 Å². The first-order valence-corrected chi connectivity index (χ1v) is 9.25. The number of benzene rings is 1. The molecule has 1 atom stereocenters. The highest BCUT2D eigenvalue weighted by atomic mass is 32.2. The zero-order valence-corrected chi connectivity index (χ0v) is 14.4. The number of hydrogen-bond donors (Lipinski definition) is 1. The van der Waals surface area contributed by atoms with Crippen molar-refractivity contribution in [3.05, 3.63) is 35.4 Å². The molecule has 5 heteroatoms. The van der Waals surface area contributed by atoms with Crippen molar-refractivity contribution < 1.29 is 8.42 Å². The molecule has 1 aromatic carbocycles. The van der Waals surface area contributed by atoms with Crippen LogP contribution in [0.1, 0.15) is 44.7 Å². The summed E-state index contributed by atoms with van der Waals surface area (Å²) in [4.78, 5) is 0. The molecule has 1 rings (SSSR count). The molecule has 4 nitrogen and oxygen atoms in total. The van der Waals surface area contributed by atoms with Crippen LogP contribution in [0.3, 0.4) is 0 Å². The Balaban J connectivity index is 2.66. The fourth-order valence-electron chi connectivity index (χ4n) is 2.01. The van der Waals surface area contributed by atoms with Crippen LogP contribution in [0.4, 0.5) is 0 Å². The summed E-state index contributed by atoms with van der Waals surface area (Å²) in [6, 6.07) is 7.84. The van der Waals surface area contributed by atoms with Crippen LogP contribution >= 0.6 is 0 Å². The average Bonchev–Trinajstić information content (AvgIpc) is 2.47. The van der Waals surface area contributed by atoms with E-state index in [1.807, 2.05) is 38.1 Å². The summed E-state index contributed by atoms with van der Waals surface area (Å²) in [5.74, 6) is 0.0660. The lowest BCUT2D eigenvalue weighted by Crippen LogP contribution is -2.35. The maximum atomic E-state index is 12.3. The van der Waals surface area contributed by atoms with E-state index in [9.17, 15) is 8.42 Å². The maximum absolute atomic E-state index is 12.3. The van der Waals surface area contributed by atoms with Gasteiger partial charge in [0.1, 0.15) is 0 Å². The number of sulfonamides is 1. The second-order valence-electron chi connectivity index (χ2n) is 5.52. The third-order valence-corrected chi connectivity index (χ3v) is 5.71. The van der Waals surface area contributed by atoms with Crippen LogP contribution in [0.2, 0.25) is 0 Å². The molecular formula is C16H28N2O2S. The van der Waals surface area contributed by atoms with Gasteiger partial charge < -0.3 is 5.32 Å². The lowest BCUT2D eigenvalue weighted by molar-refractivity contribution is 0.380. The van der Waals surface area contributed by atoms with E-state index in [4.69, 9.17) is 0 Å². The zero-order valence-electron chi connectivity index (χ0n) is 13.6. The van der Waals surface area contributed by atoms with Gasteiger partial charge >= 0.3 is 0 Å². The maximum Gasteiger partial charge on any atom is 0.218 e. The van der Waals surface area contributed by atoms with Crippen molar-refractivity contribution in [2.24, 2.45) is 0 Å². The largest absolute Gasteiger partial charge is 0.313 e. The Labute approximate surface area is 129 Å². The van der Waals surface area contributed by atoms with Gasteiger partial charge in [0.25, 0.3) is 0 Å². The van der Waals surface area contributed by atoms with Gasteiger partial charge in [-0.3, -0.25) is 0 Å². The molecule has 0 aliphatic carbocycles. The third-order valence-electron chi connectivity index (χ3n) is 3.78. The van der Waals surface area contributed by atoms with Crippen molar-refractivity contribution in [2.45, 2.75) is 52.0 Å². The van der Waals surface area contributed by atoms with Crippen LogP contribution in [-0.2, 0) is 22.3 Å². The Morgan fingerprint density at radius 1 is 1.14 bits per heavy atom. The number of rotatable bonds is 9. The van der Waals surface area contributed by atoms with Gasteiger partial charge in [-0.2, -0.15) is 0 Å². The van der Waals surface area contributed by atoms with Gasteiger partial charge in [0.2, 0.25) is 10.0 Å². The molecule has 1 aromatic rings. The predicted molar refractivity (Wildman–Crippen MR) is 88.6 cm³/mol. The first kappa shape index (κ1) is 18.1. The van der Waals surface area contributed by atoms with E-state index < -0.39 is 10.0 Å². The number of nitrogens with zero attached hydrogens (tertiary/aromatic N) is 1. The van der Waals surface area contributed by atoms with Gasteiger partial charge in [-0.15, -0.1) is 0 Å². The molecule has 0 heterocycles. The Hall–Kier alpha value is -0.910. The minimum atomic E-state index is -3.24. The molecule has 0 fully saturated rings. The molecule has 21 heavy (non-hydrogen) atoms. The highest BCUT2D eigenvalue weighted by Gasteiger charge is 2.22. The summed E-state index contributed by atoms with van der Waals surface area (Å²) >= 11 is 0. The average molecular weight is 312 g/mol. The first-order chi connectivity index (χ1) is 9.90. The minimum absolute atomic E-state index is 0.0347. The second-order valence-corrected chi connectivity index (χ2v) is 7.55. The van der Waals surface area contributed by atoms with E-state index in [0.29, 0.717) is 0 Å². The summed E-state index contributed by atoms with van der Waals surface area (Å²) in [5.41, 5.74) is 2.02. The van der Waals surface area contributed by atoms with E-state index in [1.54, 1.807) is 7.05 Å². The van der Waals surface area contributed by atoms with Crippen molar-refractivity contribution in [1.29, 1.82) is 0 Å². The second kappa shape index (κ2) is 8.51. The van der Waals surface area contributed by atoms with E-state index >= 15 is 0 Å². The number of nitrogens with one attached hydrogen (secondary N) is 1. The Morgan fingerprint density at radius 3 is 2.24 bits per heavy atom. The Morgan fingerprint density at radius 2 is 1.71 bits per heavy atom. The molecule has 120 valence electrons. The third kappa shape index (κ3) is 5.77. The van der Waals surface area contributed by atoms with Gasteiger partial charge in [0, 0.05) is 19.6 Å². The SMILES string of the molecule is CCCNCc1ccc(CS(=O)(=O)N(C)C(C)CC)cc1. The van der Waals surface area contributed by atoms with Crippen molar-refractivity contribution in [3.63, 3.8) is 0 Å². The Kier molecular flexibility index (Phi) is 7.35. The monoisotopic (exact) mass is 312 g/mol. The van der Waals surface area contributed by atoms with Gasteiger partial charge in [-0.1, -0.05) is 38.1 Å². The lowest BCUT2D eigenvalue weighted by atomic mass is 10.1. The number of hydrogen-bond acceptors (Lipinski definition) is 3. The van der Waals surface area contributed by atoms with Crippen LogP contribution in [0.15, 0.2) is 24.3 Å². The van der Waals surface area contributed by atoms with Crippen molar-refractivity contribution in [2.75, 3.05) is 13.6 Å². The summed E-state index contributed by atoms with van der Waals surface area (Å²) in [7, 11) is -1.58. The van der Waals surface area contributed by atoms with Crippen LogP contribution < -0.4 is 5.32 Å². The van der Waals surface area contributed by atoms with Crippen molar-refractivity contribution in [1.82, 2.24) is 9.62 Å². The topological polar surface area (TPSA) is 49.4 Å². The molecular weight excluding hydrogens is 284 g/mol. The smallest absolute Gasteiger partial charge is 0.218 e. The molecule has 0 amide bonds. The van der Waals surface area contributed by atoms with Crippen LogP contribution in [0.5, 0.6) is 0 Å². The molecule has 0 aromatic heterocycles. The zero-order chi connectivity index (χ0) is 15.9. The standard InChI is InChI=1S/C16H28N2O2S/c1-5-11-17-12-15-7-9-16(10-8-15)13-21(19,20)18(4)14(3)6-2/h7-10,14,17H,5-6,11-13H2,1-4H3. The molecule has 0 bridgehead atoms. The highest BCUT2D eigenvalue weighted by Crippen LogP contribution is 2.14. The molecule has 0 saturated heterocycles.